The molecule has 0 aliphatic heterocycles. The van der Waals surface area contributed by atoms with Crippen LogP contribution in [0.4, 0.5) is 18.9 Å². The molecule has 0 aromatic heterocycles. The zero-order chi connectivity index (χ0) is 19.9. The van der Waals surface area contributed by atoms with Gasteiger partial charge in [0.1, 0.15) is 5.75 Å². The molecule has 1 atom stereocenters. The highest BCUT2D eigenvalue weighted by Gasteiger charge is 2.29. The lowest BCUT2D eigenvalue weighted by molar-refractivity contribution is -0.153. The SMILES string of the molecule is CC(=O)NC(CC(=O)Nc1ccccc1OCC(F)(F)F)c1ccccc1. The standard InChI is InChI=1S/C19H19F3N2O3/c1-13(25)23-16(14-7-3-2-4-8-14)11-18(26)24-15-9-5-6-10-17(15)27-12-19(20,21)22/h2-10,16H,11-12H2,1H3,(H,23,25)(H,24,26). The van der Waals surface area contributed by atoms with Crippen molar-refractivity contribution in [2.45, 2.75) is 25.6 Å². The normalized spacial score (nSPS) is 12.1. The van der Waals surface area contributed by atoms with Crippen LogP contribution in [-0.4, -0.2) is 24.6 Å². The Morgan fingerprint density at radius 3 is 2.30 bits per heavy atom. The number of benzene rings is 2. The third-order valence-corrected chi connectivity index (χ3v) is 3.52. The second-order valence-corrected chi connectivity index (χ2v) is 5.82. The monoisotopic (exact) mass is 380 g/mol. The van der Waals surface area contributed by atoms with E-state index in [1.165, 1.54) is 25.1 Å². The minimum absolute atomic E-state index is 0.0843. The smallest absolute Gasteiger partial charge is 0.422 e. The van der Waals surface area contributed by atoms with Crippen molar-refractivity contribution < 1.29 is 27.5 Å². The van der Waals surface area contributed by atoms with Crippen molar-refractivity contribution >= 4 is 17.5 Å². The third-order valence-electron chi connectivity index (χ3n) is 3.52. The van der Waals surface area contributed by atoms with Gasteiger partial charge in [-0.3, -0.25) is 9.59 Å². The maximum Gasteiger partial charge on any atom is 0.422 e. The van der Waals surface area contributed by atoms with Crippen LogP contribution in [0, 0.1) is 0 Å². The molecule has 2 rings (SSSR count). The maximum absolute atomic E-state index is 12.4. The van der Waals surface area contributed by atoms with Crippen LogP contribution in [0.2, 0.25) is 0 Å². The predicted octanol–water partition coefficient (Wildman–Crippen LogP) is 3.83. The van der Waals surface area contributed by atoms with E-state index in [1.54, 1.807) is 30.3 Å². The Balaban J connectivity index is 2.08. The summed E-state index contributed by atoms with van der Waals surface area (Å²) in [6.07, 6.45) is -4.57. The van der Waals surface area contributed by atoms with Crippen LogP contribution in [-0.2, 0) is 9.59 Å². The van der Waals surface area contributed by atoms with Gasteiger partial charge in [0, 0.05) is 6.92 Å². The quantitative estimate of drug-likeness (QED) is 0.767. The van der Waals surface area contributed by atoms with Crippen LogP contribution >= 0.6 is 0 Å². The molecule has 0 spiro atoms. The minimum atomic E-state index is -4.49. The summed E-state index contributed by atoms with van der Waals surface area (Å²) in [4.78, 5) is 23.8. The molecule has 2 amide bonds. The average molecular weight is 380 g/mol. The highest BCUT2D eigenvalue weighted by Crippen LogP contribution is 2.27. The number of alkyl halides is 3. The molecular weight excluding hydrogens is 361 g/mol. The Kier molecular flexibility index (Phi) is 6.81. The predicted molar refractivity (Wildman–Crippen MR) is 94.2 cm³/mol. The molecule has 0 heterocycles. The second-order valence-electron chi connectivity index (χ2n) is 5.82. The fraction of sp³-hybridized carbons (Fsp3) is 0.263. The summed E-state index contributed by atoms with van der Waals surface area (Å²) < 4.78 is 41.8. The van der Waals surface area contributed by atoms with Crippen molar-refractivity contribution in [3.8, 4) is 5.75 Å². The van der Waals surface area contributed by atoms with E-state index < -0.39 is 24.7 Å². The number of halogens is 3. The number of para-hydroxylation sites is 2. The average Bonchev–Trinajstić information content (AvgIpc) is 2.60. The van der Waals surface area contributed by atoms with Gasteiger partial charge in [0.05, 0.1) is 18.2 Å². The van der Waals surface area contributed by atoms with Crippen molar-refractivity contribution in [2.75, 3.05) is 11.9 Å². The fourth-order valence-corrected chi connectivity index (χ4v) is 2.42. The van der Waals surface area contributed by atoms with Gasteiger partial charge in [-0.2, -0.15) is 13.2 Å². The summed E-state index contributed by atoms with van der Waals surface area (Å²) in [7, 11) is 0. The summed E-state index contributed by atoms with van der Waals surface area (Å²) in [5.41, 5.74) is 0.867. The number of carbonyl (C=O) groups is 2. The van der Waals surface area contributed by atoms with E-state index in [9.17, 15) is 22.8 Å². The van der Waals surface area contributed by atoms with Crippen molar-refractivity contribution in [1.29, 1.82) is 0 Å². The van der Waals surface area contributed by atoms with Gasteiger partial charge in [-0.25, -0.2) is 0 Å². The van der Waals surface area contributed by atoms with Gasteiger partial charge in [-0.1, -0.05) is 42.5 Å². The van der Waals surface area contributed by atoms with Gasteiger partial charge in [-0.05, 0) is 17.7 Å². The van der Waals surface area contributed by atoms with Gasteiger partial charge in [0.2, 0.25) is 11.8 Å². The molecule has 0 radical (unpaired) electrons. The highest BCUT2D eigenvalue weighted by molar-refractivity contribution is 5.93. The summed E-state index contributed by atoms with van der Waals surface area (Å²) in [5, 5.41) is 5.23. The molecule has 2 aromatic carbocycles. The summed E-state index contributed by atoms with van der Waals surface area (Å²) in [5.74, 6) is -0.856. The molecule has 27 heavy (non-hydrogen) atoms. The first-order valence-electron chi connectivity index (χ1n) is 8.15. The van der Waals surface area contributed by atoms with Crippen molar-refractivity contribution in [3.63, 3.8) is 0 Å². The van der Waals surface area contributed by atoms with Gasteiger partial charge in [0.25, 0.3) is 0 Å². The second kappa shape index (κ2) is 9.07. The first kappa shape index (κ1) is 20.3. The van der Waals surface area contributed by atoms with E-state index in [0.29, 0.717) is 0 Å². The van der Waals surface area contributed by atoms with Crippen LogP contribution in [0.1, 0.15) is 24.9 Å². The molecule has 144 valence electrons. The number of anilines is 1. The molecule has 2 N–H and O–H groups in total. The zero-order valence-corrected chi connectivity index (χ0v) is 14.5. The van der Waals surface area contributed by atoms with Crippen molar-refractivity contribution in [1.82, 2.24) is 5.32 Å². The first-order chi connectivity index (χ1) is 12.7. The summed E-state index contributed by atoms with van der Waals surface area (Å²) >= 11 is 0. The zero-order valence-electron chi connectivity index (χ0n) is 14.5. The van der Waals surface area contributed by atoms with E-state index in [4.69, 9.17) is 4.74 Å². The van der Waals surface area contributed by atoms with Gasteiger partial charge in [-0.15, -0.1) is 0 Å². The molecule has 0 saturated carbocycles. The van der Waals surface area contributed by atoms with E-state index in [2.05, 4.69) is 10.6 Å². The Labute approximate surface area is 154 Å². The number of nitrogens with one attached hydrogen (secondary N) is 2. The Hall–Kier alpha value is -3.03. The Bertz CT molecular complexity index is 779. The molecule has 5 nitrogen and oxygen atoms in total. The fourth-order valence-electron chi connectivity index (χ4n) is 2.42. The van der Waals surface area contributed by atoms with Gasteiger partial charge < -0.3 is 15.4 Å². The number of carbonyl (C=O) groups excluding carboxylic acids is 2. The lowest BCUT2D eigenvalue weighted by atomic mass is 10.0. The van der Waals surface area contributed by atoms with E-state index in [0.717, 1.165) is 5.56 Å². The van der Waals surface area contributed by atoms with E-state index in [-0.39, 0.29) is 23.8 Å². The number of ether oxygens (including phenoxy) is 1. The minimum Gasteiger partial charge on any atom is -0.482 e. The molecule has 0 fully saturated rings. The number of amides is 2. The lowest BCUT2D eigenvalue weighted by Gasteiger charge is -2.19. The van der Waals surface area contributed by atoms with E-state index in [1.807, 2.05) is 6.07 Å². The molecule has 0 bridgehead atoms. The van der Waals surface area contributed by atoms with Crippen LogP contribution < -0.4 is 15.4 Å². The maximum atomic E-state index is 12.4. The Morgan fingerprint density at radius 1 is 1.04 bits per heavy atom. The van der Waals surface area contributed by atoms with E-state index >= 15 is 0 Å². The Morgan fingerprint density at radius 2 is 1.67 bits per heavy atom. The third kappa shape index (κ3) is 7.01. The molecule has 8 heteroatoms. The van der Waals surface area contributed by atoms with Gasteiger partial charge in [0.15, 0.2) is 6.61 Å². The van der Waals surface area contributed by atoms with Crippen LogP contribution in [0.3, 0.4) is 0 Å². The molecule has 0 aliphatic carbocycles. The topological polar surface area (TPSA) is 67.4 Å². The molecule has 0 aliphatic rings. The van der Waals surface area contributed by atoms with Crippen LogP contribution in [0.15, 0.2) is 54.6 Å². The van der Waals surface area contributed by atoms with Crippen LogP contribution in [0.5, 0.6) is 5.75 Å². The first-order valence-corrected chi connectivity index (χ1v) is 8.15. The number of hydrogen-bond acceptors (Lipinski definition) is 3. The van der Waals surface area contributed by atoms with Gasteiger partial charge >= 0.3 is 6.18 Å². The molecule has 1 unspecified atom stereocenters. The highest BCUT2D eigenvalue weighted by atomic mass is 19.4. The largest absolute Gasteiger partial charge is 0.482 e. The van der Waals surface area contributed by atoms with Crippen molar-refractivity contribution in [3.05, 3.63) is 60.2 Å². The summed E-state index contributed by atoms with van der Waals surface area (Å²) in [6.45, 7) is -0.119. The molecule has 2 aromatic rings. The molecular formula is C19H19F3N2O3. The van der Waals surface area contributed by atoms with Crippen LogP contribution in [0.25, 0.3) is 0 Å². The lowest BCUT2D eigenvalue weighted by Crippen LogP contribution is -2.29. The summed E-state index contributed by atoms with van der Waals surface area (Å²) in [6, 6.07) is 14.2. The molecule has 0 saturated heterocycles. The number of rotatable bonds is 7. The van der Waals surface area contributed by atoms with Crippen molar-refractivity contribution in [2.24, 2.45) is 0 Å². The number of hydrogen-bond donors (Lipinski definition) is 2.